The molecule has 0 aliphatic carbocycles. The lowest BCUT2D eigenvalue weighted by Crippen LogP contribution is -2.59. The maximum atomic E-state index is 13.5. The third-order valence-electron chi connectivity index (χ3n) is 8.83. The minimum Gasteiger partial charge on any atom is -0.480 e. The van der Waals surface area contributed by atoms with Crippen molar-refractivity contribution in [2.75, 3.05) is 37.7 Å². The van der Waals surface area contributed by atoms with Gasteiger partial charge in [-0.25, -0.2) is 4.79 Å². The molecule has 21 nitrogen and oxygen atoms in total. The number of amides is 8. The zero-order valence-corrected chi connectivity index (χ0v) is 34.5. The topological polar surface area (TPSA) is 334 Å². The van der Waals surface area contributed by atoms with Crippen LogP contribution in [-0.2, 0) is 43.2 Å². The monoisotopic (exact) mass is 848 g/mol. The minimum absolute atomic E-state index is 0.0651. The molecular formula is C34H60N10O11S2. The Morgan fingerprint density at radius 1 is 0.737 bits per heavy atom. The molecule has 0 aromatic heterocycles. The van der Waals surface area contributed by atoms with Gasteiger partial charge < -0.3 is 63.8 Å². The molecule has 0 unspecified atom stereocenters. The largest absolute Gasteiger partial charge is 0.480 e. The fraction of sp³-hybridized carbons (Fsp3) is 0.735. The summed E-state index contributed by atoms with van der Waals surface area (Å²) in [5.74, 6) is -7.46. The van der Waals surface area contributed by atoms with Crippen LogP contribution in [0.5, 0.6) is 0 Å². The first kappa shape index (κ1) is 50.8. The first-order chi connectivity index (χ1) is 26.8. The molecule has 0 saturated carbocycles. The van der Waals surface area contributed by atoms with E-state index in [4.69, 9.17) is 11.5 Å². The number of thiol groups is 2. The maximum Gasteiger partial charge on any atom is 0.327 e. The first-order valence-electron chi connectivity index (χ1n) is 18.7. The Morgan fingerprint density at radius 2 is 1.30 bits per heavy atom. The number of carboxylic acids is 1. The zero-order valence-electron chi connectivity index (χ0n) is 32.7. The molecule has 1 aliphatic heterocycles. The molecule has 0 aromatic carbocycles. The molecule has 57 heavy (non-hydrogen) atoms. The molecule has 13 N–H and O–H groups in total. The average molecular weight is 849 g/mol. The van der Waals surface area contributed by atoms with Crippen molar-refractivity contribution in [3.05, 3.63) is 0 Å². The van der Waals surface area contributed by atoms with Gasteiger partial charge in [-0.05, 0) is 64.8 Å². The van der Waals surface area contributed by atoms with Gasteiger partial charge in [0, 0.05) is 18.1 Å². The molecule has 0 radical (unpaired) electrons. The van der Waals surface area contributed by atoms with Crippen molar-refractivity contribution in [1.82, 2.24) is 42.1 Å². The molecule has 1 heterocycles. The van der Waals surface area contributed by atoms with Crippen molar-refractivity contribution in [3.8, 4) is 0 Å². The number of rotatable bonds is 25. The number of aliphatic hydroxyl groups excluding tert-OH is 1. The fourth-order valence-electron chi connectivity index (χ4n) is 5.61. The second-order valence-corrected chi connectivity index (χ2v) is 14.8. The van der Waals surface area contributed by atoms with Gasteiger partial charge in [0.1, 0.15) is 42.3 Å². The summed E-state index contributed by atoms with van der Waals surface area (Å²) in [7, 11) is 0. The summed E-state index contributed by atoms with van der Waals surface area (Å²) in [6, 6.07) is -9.33. The van der Waals surface area contributed by atoms with E-state index in [1.54, 1.807) is 13.8 Å². The zero-order chi connectivity index (χ0) is 43.4. The van der Waals surface area contributed by atoms with Crippen LogP contribution < -0.4 is 48.7 Å². The predicted molar refractivity (Wildman–Crippen MR) is 213 cm³/mol. The number of aliphatic carboxylic acids is 1. The Hall–Kier alpha value is -4.19. The van der Waals surface area contributed by atoms with Crippen LogP contribution >= 0.6 is 25.3 Å². The number of likely N-dealkylation sites (tertiary alicyclic amines) is 1. The summed E-state index contributed by atoms with van der Waals surface area (Å²) in [5, 5.41) is 35.9. The molecule has 23 heteroatoms. The highest BCUT2D eigenvalue weighted by Gasteiger charge is 2.37. The number of carbonyl (C=O) groups is 9. The second kappa shape index (κ2) is 25.9. The predicted octanol–water partition coefficient (Wildman–Crippen LogP) is -4.52. The second-order valence-electron chi connectivity index (χ2n) is 14.1. The molecule has 0 bridgehead atoms. The summed E-state index contributed by atoms with van der Waals surface area (Å²) in [6.07, 6.45) is 2.01. The van der Waals surface area contributed by atoms with Gasteiger partial charge >= 0.3 is 5.97 Å². The number of hydrogen-bond donors (Lipinski definition) is 13. The number of nitrogens with two attached hydrogens (primary N) is 2. The molecule has 8 atom stereocenters. The maximum absolute atomic E-state index is 13.5. The lowest BCUT2D eigenvalue weighted by molar-refractivity contribution is -0.142. The van der Waals surface area contributed by atoms with Crippen LogP contribution in [0.15, 0.2) is 0 Å². The number of carboxylic acid groups (broad SMARTS) is 1. The highest BCUT2D eigenvalue weighted by molar-refractivity contribution is 7.80. The van der Waals surface area contributed by atoms with Crippen LogP contribution in [0.4, 0.5) is 0 Å². The van der Waals surface area contributed by atoms with E-state index in [0.29, 0.717) is 32.2 Å². The summed E-state index contributed by atoms with van der Waals surface area (Å²) in [5.41, 5.74) is 11.4. The molecule has 324 valence electrons. The van der Waals surface area contributed by atoms with E-state index in [1.165, 1.54) is 18.7 Å². The standard InChI is InChI=1S/C34H60N10O11S2/c1-17(2)12-22(30(50)40-21(8-5-6-10-35)29(49)42-23(14-45)31(51)43-24(16-57)34(54)55)41-28(48)19(4)38-26(46)13-37-27(47)18(3)39-32(52)25-9-7-11-44(25)33(53)20(36)15-56/h17-25,45,56-57H,5-16,35-36H2,1-4H3,(H,37,47)(H,38,46)(H,39,52)(H,40,50)(H,41,48)(H,42,49)(H,43,51)(H,54,55)/t18-,19-,20-,21-,22-,23-,24-,25-/m0/s1. The van der Waals surface area contributed by atoms with E-state index < -0.39 is 115 Å². The normalized spacial score (nSPS) is 17.4. The summed E-state index contributed by atoms with van der Waals surface area (Å²) < 4.78 is 0. The number of unbranched alkanes of at least 4 members (excludes halogenated alkanes) is 1. The number of aliphatic hydroxyl groups is 1. The Kier molecular flexibility index (Phi) is 23.1. The number of carbonyl (C=O) groups excluding carboxylic acids is 8. The van der Waals surface area contributed by atoms with Crippen LogP contribution in [0.1, 0.15) is 66.2 Å². The SMILES string of the molecule is CC(C)C[C@H](NC(=O)[C@H](C)NC(=O)CNC(=O)[C@H](C)NC(=O)[C@@H]1CCCN1C(=O)[C@@H](N)CS)C(=O)N[C@@H](CCCCN)C(=O)N[C@@H](CO)C(=O)N[C@@H](CS)C(=O)O. The smallest absolute Gasteiger partial charge is 0.327 e. The third-order valence-corrected chi connectivity index (χ3v) is 9.59. The van der Waals surface area contributed by atoms with Crippen molar-refractivity contribution in [2.45, 2.75) is 115 Å². The lowest BCUT2D eigenvalue weighted by Gasteiger charge is -2.27. The Labute approximate surface area is 342 Å². The fourth-order valence-corrected chi connectivity index (χ4v) is 6.01. The van der Waals surface area contributed by atoms with Crippen molar-refractivity contribution in [2.24, 2.45) is 17.4 Å². The van der Waals surface area contributed by atoms with Gasteiger partial charge in [-0.15, -0.1) is 0 Å². The number of hydrogen-bond acceptors (Lipinski definition) is 14. The quantitative estimate of drug-likeness (QED) is 0.0305. The lowest BCUT2D eigenvalue weighted by atomic mass is 10.0. The van der Waals surface area contributed by atoms with E-state index in [9.17, 15) is 53.4 Å². The van der Waals surface area contributed by atoms with E-state index >= 15 is 0 Å². The van der Waals surface area contributed by atoms with Crippen molar-refractivity contribution >= 4 is 78.5 Å². The summed E-state index contributed by atoms with van der Waals surface area (Å²) in [6.45, 7) is 5.51. The average Bonchev–Trinajstić information content (AvgIpc) is 3.66. The summed E-state index contributed by atoms with van der Waals surface area (Å²) >= 11 is 7.91. The highest BCUT2D eigenvalue weighted by Crippen LogP contribution is 2.19. The van der Waals surface area contributed by atoms with Gasteiger partial charge in [0.25, 0.3) is 0 Å². The van der Waals surface area contributed by atoms with E-state index in [0.717, 1.165) is 0 Å². The van der Waals surface area contributed by atoms with Gasteiger partial charge in [0.2, 0.25) is 47.3 Å². The molecular weight excluding hydrogens is 789 g/mol. The molecule has 1 aliphatic rings. The third kappa shape index (κ3) is 17.5. The van der Waals surface area contributed by atoms with Gasteiger partial charge in [-0.3, -0.25) is 38.4 Å². The van der Waals surface area contributed by atoms with Crippen LogP contribution in [0, 0.1) is 5.92 Å². The first-order valence-corrected chi connectivity index (χ1v) is 20.0. The molecule has 1 saturated heterocycles. The molecule has 0 spiro atoms. The van der Waals surface area contributed by atoms with Crippen molar-refractivity contribution < 1.29 is 53.4 Å². The van der Waals surface area contributed by atoms with Crippen molar-refractivity contribution in [1.29, 1.82) is 0 Å². The van der Waals surface area contributed by atoms with Crippen LogP contribution in [0.3, 0.4) is 0 Å². The van der Waals surface area contributed by atoms with Gasteiger partial charge in [0.05, 0.1) is 19.2 Å². The van der Waals surface area contributed by atoms with Gasteiger partial charge in [-0.1, -0.05) is 13.8 Å². The molecule has 8 amide bonds. The summed E-state index contributed by atoms with van der Waals surface area (Å²) in [4.78, 5) is 116. The van der Waals surface area contributed by atoms with E-state index in [-0.39, 0.29) is 36.8 Å². The molecule has 1 fully saturated rings. The van der Waals surface area contributed by atoms with Gasteiger partial charge in [-0.2, -0.15) is 25.3 Å². The minimum atomic E-state index is -1.56. The molecule has 0 aromatic rings. The van der Waals surface area contributed by atoms with Crippen LogP contribution in [0.2, 0.25) is 0 Å². The Morgan fingerprint density at radius 3 is 1.86 bits per heavy atom. The number of nitrogens with zero attached hydrogens (tertiary/aromatic N) is 1. The highest BCUT2D eigenvalue weighted by atomic mass is 32.1. The van der Waals surface area contributed by atoms with Crippen LogP contribution in [-0.4, -0.2) is 154 Å². The van der Waals surface area contributed by atoms with Crippen LogP contribution in [0.25, 0.3) is 0 Å². The van der Waals surface area contributed by atoms with E-state index in [2.05, 4.69) is 62.5 Å². The van der Waals surface area contributed by atoms with Gasteiger partial charge in [0.15, 0.2) is 0 Å². The van der Waals surface area contributed by atoms with Crippen molar-refractivity contribution in [3.63, 3.8) is 0 Å². The van der Waals surface area contributed by atoms with E-state index in [1.807, 2.05) is 0 Å². The molecule has 1 rings (SSSR count). The number of nitrogens with one attached hydrogen (secondary N) is 7. The Balaban J connectivity index is 2.86. The Bertz CT molecular complexity index is 1430.